The Morgan fingerprint density at radius 2 is 1.87 bits per heavy atom. The summed E-state index contributed by atoms with van der Waals surface area (Å²) in [5, 5.41) is 1.24. The van der Waals surface area contributed by atoms with E-state index in [2.05, 4.69) is 9.97 Å². The average Bonchev–Trinajstić information content (AvgIpc) is 2.77. The Morgan fingerprint density at radius 1 is 1.10 bits per heavy atom. The van der Waals surface area contributed by atoms with Gasteiger partial charge in [0.15, 0.2) is 0 Å². The van der Waals surface area contributed by atoms with Crippen molar-refractivity contribution < 1.29 is 9.59 Å². The number of carbonyl (C=O) groups excluding carboxylic acids is 2. The van der Waals surface area contributed by atoms with E-state index >= 15 is 0 Å². The van der Waals surface area contributed by atoms with Gasteiger partial charge in [-0.2, -0.15) is 0 Å². The molecular formula is C24H21Cl2N3O2. The molecule has 0 aliphatic carbocycles. The summed E-state index contributed by atoms with van der Waals surface area (Å²) in [4.78, 5) is 35.4. The van der Waals surface area contributed by atoms with Crippen LogP contribution in [-0.4, -0.2) is 22.2 Å². The van der Waals surface area contributed by atoms with Crippen molar-refractivity contribution in [2.24, 2.45) is 5.41 Å². The first-order chi connectivity index (χ1) is 14.9. The maximum absolute atomic E-state index is 13.8. The lowest BCUT2D eigenvalue weighted by atomic mass is 9.67. The molecule has 1 saturated heterocycles. The second-order valence-electron chi connectivity index (χ2n) is 8.04. The molecule has 2 heterocycles. The second-order valence-corrected chi connectivity index (χ2v) is 8.91. The number of hydrogen-bond donors (Lipinski definition) is 0. The fourth-order valence-corrected chi connectivity index (χ4v) is 4.71. The van der Waals surface area contributed by atoms with E-state index in [1.54, 1.807) is 17.2 Å². The summed E-state index contributed by atoms with van der Waals surface area (Å²) in [6.45, 7) is 1.84. The Kier molecular flexibility index (Phi) is 6.08. The lowest BCUT2D eigenvalue weighted by molar-refractivity contribution is -0.133. The molecule has 1 aliphatic heterocycles. The fraction of sp³-hybridized carbons (Fsp3) is 0.250. The maximum atomic E-state index is 13.8. The summed E-state index contributed by atoms with van der Waals surface area (Å²) < 4.78 is 0. The van der Waals surface area contributed by atoms with Crippen LogP contribution in [0.4, 0.5) is 5.82 Å². The molecule has 1 unspecified atom stereocenters. The summed E-state index contributed by atoms with van der Waals surface area (Å²) in [7, 11) is 0. The molecule has 158 valence electrons. The maximum Gasteiger partial charge on any atom is 0.235 e. The van der Waals surface area contributed by atoms with Crippen LogP contribution in [0.5, 0.6) is 0 Å². The van der Waals surface area contributed by atoms with Gasteiger partial charge in [0, 0.05) is 28.6 Å². The molecule has 4 rings (SSSR count). The van der Waals surface area contributed by atoms with E-state index in [1.165, 1.54) is 6.33 Å². The van der Waals surface area contributed by atoms with Crippen molar-refractivity contribution in [1.82, 2.24) is 9.97 Å². The molecule has 3 atom stereocenters. The standard InChI is InChI=1S/C24H21Cl2N3O2/c1-24(10-12-30)14-20(17-3-2-4-19(26)13-17)22(16-5-7-18(25)8-6-16)29(23(24)31)21-9-11-27-15-28-21/h2-9,11-13,15,20,22H,10,14H2,1H3/t20-,22?,24+/m1/s1. The Hall–Kier alpha value is -2.76. The van der Waals surface area contributed by atoms with Gasteiger partial charge in [-0.25, -0.2) is 9.97 Å². The topological polar surface area (TPSA) is 63.2 Å². The minimum Gasteiger partial charge on any atom is -0.303 e. The van der Waals surface area contributed by atoms with Crippen LogP contribution in [0.15, 0.2) is 67.1 Å². The molecule has 0 N–H and O–H groups in total. The highest BCUT2D eigenvalue weighted by atomic mass is 35.5. The van der Waals surface area contributed by atoms with Crippen molar-refractivity contribution in [3.63, 3.8) is 0 Å². The number of halogens is 2. The third kappa shape index (κ3) is 4.21. The summed E-state index contributed by atoms with van der Waals surface area (Å²) >= 11 is 12.5. The number of benzene rings is 2. The molecule has 5 nitrogen and oxygen atoms in total. The highest BCUT2D eigenvalue weighted by Gasteiger charge is 2.50. The number of amides is 1. The number of hydrogen-bond acceptors (Lipinski definition) is 4. The van der Waals surface area contributed by atoms with Crippen LogP contribution in [0.3, 0.4) is 0 Å². The number of aromatic nitrogens is 2. The van der Waals surface area contributed by atoms with Crippen molar-refractivity contribution >= 4 is 41.2 Å². The van der Waals surface area contributed by atoms with E-state index in [4.69, 9.17) is 23.2 Å². The Balaban J connectivity index is 1.94. The smallest absolute Gasteiger partial charge is 0.235 e. The average molecular weight is 454 g/mol. The first kappa shape index (κ1) is 21.5. The number of anilines is 1. The van der Waals surface area contributed by atoms with Gasteiger partial charge in [-0.3, -0.25) is 9.69 Å². The largest absolute Gasteiger partial charge is 0.303 e. The van der Waals surface area contributed by atoms with Gasteiger partial charge in [0.25, 0.3) is 0 Å². The summed E-state index contributed by atoms with van der Waals surface area (Å²) in [6, 6.07) is 16.5. The molecule has 0 spiro atoms. The summed E-state index contributed by atoms with van der Waals surface area (Å²) in [6.07, 6.45) is 4.46. The van der Waals surface area contributed by atoms with Gasteiger partial charge in [0.2, 0.25) is 5.91 Å². The van der Waals surface area contributed by atoms with Crippen LogP contribution in [0.25, 0.3) is 0 Å². The van der Waals surface area contributed by atoms with Crippen LogP contribution in [0.1, 0.15) is 42.9 Å². The lowest BCUT2D eigenvalue weighted by Crippen LogP contribution is -2.52. The number of piperidine rings is 1. The number of carbonyl (C=O) groups is 2. The molecular weight excluding hydrogens is 433 g/mol. The molecule has 31 heavy (non-hydrogen) atoms. The minimum atomic E-state index is -0.872. The van der Waals surface area contributed by atoms with Crippen LogP contribution in [0, 0.1) is 5.41 Å². The molecule has 7 heteroatoms. The van der Waals surface area contributed by atoms with Gasteiger partial charge in [-0.15, -0.1) is 0 Å². The molecule has 0 saturated carbocycles. The molecule has 1 aromatic heterocycles. The van der Waals surface area contributed by atoms with E-state index in [0.717, 1.165) is 17.4 Å². The molecule has 0 radical (unpaired) electrons. The van der Waals surface area contributed by atoms with Gasteiger partial charge in [0.1, 0.15) is 18.4 Å². The third-order valence-corrected chi connectivity index (χ3v) is 6.39. The Morgan fingerprint density at radius 3 is 2.52 bits per heavy atom. The quantitative estimate of drug-likeness (QED) is 0.468. The molecule has 1 aliphatic rings. The Labute approximate surface area is 191 Å². The highest BCUT2D eigenvalue weighted by molar-refractivity contribution is 6.30. The van der Waals surface area contributed by atoms with Crippen LogP contribution in [-0.2, 0) is 9.59 Å². The first-order valence-electron chi connectivity index (χ1n) is 9.97. The van der Waals surface area contributed by atoms with E-state index in [0.29, 0.717) is 22.3 Å². The summed E-state index contributed by atoms with van der Waals surface area (Å²) in [5.41, 5.74) is 1.05. The van der Waals surface area contributed by atoms with Gasteiger partial charge in [0.05, 0.1) is 11.5 Å². The number of nitrogens with zero attached hydrogens (tertiary/aromatic N) is 3. The van der Waals surface area contributed by atoms with Crippen molar-refractivity contribution in [2.45, 2.75) is 31.7 Å². The van der Waals surface area contributed by atoms with Gasteiger partial charge >= 0.3 is 0 Å². The van der Waals surface area contributed by atoms with Gasteiger partial charge in [-0.05, 0) is 47.9 Å². The van der Waals surface area contributed by atoms with Crippen LogP contribution < -0.4 is 4.90 Å². The predicted octanol–water partition coefficient (Wildman–Crippen LogP) is 5.64. The molecule has 2 aromatic carbocycles. The molecule has 0 bridgehead atoms. The molecule has 1 fully saturated rings. The zero-order chi connectivity index (χ0) is 22.0. The predicted molar refractivity (Wildman–Crippen MR) is 121 cm³/mol. The fourth-order valence-electron chi connectivity index (χ4n) is 4.39. The second kappa shape index (κ2) is 8.77. The normalized spacial score (nSPS) is 23.6. The van der Waals surface area contributed by atoms with E-state index in [9.17, 15) is 9.59 Å². The van der Waals surface area contributed by atoms with Crippen molar-refractivity contribution in [1.29, 1.82) is 0 Å². The van der Waals surface area contributed by atoms with Crippen molar-refractivity contribution in [3.05, 3.63) is 88.3 Å². The number of rotatable bonds is 5. The van der Waals surface area contributed by atoms with E-state index in [-0.39, 0.29) is 24.3 Å². The van der Waals surface area contributed by atoms with E-state index in [1.807, 2.05) is 55.5 Å². The summed E-state index contributed by atoms with van der Waals surface area (Å²) in [5.74, 6) is 0.234. The lowest BCUT2D eigenvalue weighted by Gasteiger charge is -2.48. The molecule has 3 aromatic rings. The first-order valence-corrected chi connectivity index (χ1v) is 10.7. The zero-order valence-electron chi connectivity index (χ0n) is 16.9. The SMILES string of the molecule is C[C@]1(CC=O)C[C@H](c2cccc(Cl)c2)C(c2ccc(Cl)cc2)N(c2ccncn2)C1=O. The van der Waals surface area contributed by atoms with Crippen LogP contribution in [0.2, 0.25) is 10.0 Å². The monoisotopic (exact) mass is 453 g/mol. The zero-order valence-corrected chi connectivity index (χ0v) is 18.4. The van der Waals surface area contributed by atoms with Gasteiger partial charge in [-0.1, -0.05) is 54.4 Å². The van der Waals surface area contributed by atoms with Crippen LogP contribution >= 0.6 is 23.2 Å². The van der Waals surface area contributed by atoms with Gasteiger partial charge < -0.3 is 4.79 Å². The van der Waals surface area contributed by atoms with Crippen molar-refractivity contribution in [2.75, 3.05) is 4.90 Å². The van der Waals surface area contributed by atoms with E-state index < -0.39 is 5.41 Å². The molecule has 1 amide bonds. The highest BCUT2D eigenvalue weighted by Crippen LogP contribution is 2.51. The number of aldehydes is 1. The third-order valence-electron chi connectivity index (χ3n) is 5.90. The van der Waals surface area contributed by atoms with Crippen molar-refractivity contribution in [3.8, 4) is 0 Å². The Bertz CT molecular complexity index is 1090. The minimum absolute atomic E-state index is 0.113.